The van der Waals surface area contributed by atoms with E-state index in [0.717, 1.165) is 24.0 Å². The van der Waals surface area contributed by atoms with Gasteiger partial charge in [0.15, 0.2) is 17.3 Å². The number of ether oxygens (including phenoxy) is 2. The summed E-state index contributed by atoms with van der Waals surface area (Å²) in [5.74, 6) is 2.69. The van der Waals surface area contributed by atoms with E-state index in [1.54, 1.807) is 7.11 Å². The third kappa shape index (κ3) is 4.51. The maximum Gasteiger partial charge on any atom is 0.222 e. The summed E-state index contributed by atoms with van der Waals surface area (Å²) in [6.45, 7) is 6.00. The summed E-state index contributed by atoms with van der Waals surface area (Å²) < 4.78 is 11.6. The maximum atomic E-state index is 6.01. The molecule has 0 unspecified atom stereocenters. The SMILES string of the molecule is COc1cc2c(Nc3cc(C)[nH]n3)nc(N)nc2cc1OCCCN1CCCC1. The minimum Gasteiger partial charge on any atom is -0.493 e. The molecule has 1 fully saturated rings. The second-order valence-corrected chi connectivity index (χ2v) is 7.26. The van der Waals surface area contributed by atoms with Crippen LogP contribution >= 0.6 is 0 Å². The van der Waals surface area contributed by atoms with Crippen LogP contribution in [-0.4, -0.2) is 58.4 Å². The van der Waals surface area contributed by atoms with Gasteiger partial charge >= 0.3 is 0 Å². The topological polar surface area (TPSA) is 114 Å². The molecule has 154 valence electrons. The molecule has 0 aliphatic carbocycles. The van der Waals surface area contributed by atoms with E-state index in [9.17, 15) is 0 Å². The average molecular weight is 397 g/mol. The largest absolute Gasteiger partial charge is 0.493 e. The molecule has 1 aliphatic rings. The van der Waals surface area contributed by atoms with Crippen LogP contribution in [0.25, 0.3) is 10.9 Å². The van der Waals surface area contributed by atoms with Crippen molar-refractivity contribution in [3.8, 4) is 11.5 Å². The highest BCUT2D eigenvalue weighted by Gasteiger charge is 2.15. The summed E-state index contributed by atoms with van der Waals surface area (Å²) in [6.07, 6.45) is 3.57. The number of nitrogens with zero attached hydrogens (tertiary/aromatic N) is 4. The molecule has 4 rings (SSSR count). The van der Waals surface area contributed by atoms with Crippen molar-refractivity contribution in [2.75, 3.05) is 44.4 Å². The third-order valence-electron chi connectivity index (χ3n) is 5.03. The molecule has 0 amide bonds. The lowest BCUT2D eigenvalue weighted by molar-refractivity contribution is 0.254. The number of anilines is 3. The number of fused-ring (bicyclic) bond motifs is 1. The van der Waals surface area contributed by atoms with Crippen LogP contribution in [0.2, 0.25) is 0 Å². The highest BCUT2D eigenvalue weighted by molar-refractivity contribution is 5.93. The van der Waals surface area contributed by atoms with Gasteiger partial charge in [-0.2, -0.15) is 10.1 Å². The number of aromatic nitrogens is 4. The quantitative estimate of drug-likeness (QED) is 0.497. The predicted molar refractivity (Wildman–Crippen MR) is 113 cm³/mol. The van der Waals surface area contributed by atoms with Gasteiger partial charge in [0.25, 0.3) is 0 Å². The van der Waals surface area contributed by atoms with E-state index < -0.39 is 0 Å². The van der Waals surface area contributed by atoms with Crippen LogP contribution in [0.5, 0.6) is 11.5 Å². The minimum atomic E-state index is 0.178. The van der Waals surface area contributed by atoms with E-state index in [-0.39, 0.29) is 5.95 Å². The molecule has 4 N–H and O–H groups in total. The molecule has 0 atom stereocenters. The molecular weight excluding hydrogens is 370 g/mol. The molecule has 3 heterocycles. The Kier molecular flexibility index (Phi) is 5.66. The lowest BCUT2D eigenvalue weighted by atomic mass is 10.2. The Bertz CT molecular complexity index is 982. The van der Waals surface area contributed by atoms with Crippen LogP contribution in [0.1, 0.15) is 25.0 Å². The van der Waals surface area contributed by atoms with E-state index in [4.69, 9.17) is 15.2 Å². The number of aromatic amines is 1. The summed E-state index contributed by atoms with van der Waals surface area (Å²) in [4.78, 5) is 11.2. The van der Waals surface area contributed by atoms with Crippen molar-refractivity contribution in [3.63, 3.8) is 0 Å². The van der Waals surface area contributed by atoms with Gasteiger partial charge in [-0.1, -0.05) is 0 Å². The highest BCUT2D eigenvalue weighted by atomic mass is 16.5. The molecule has 9 heteroatoms. The van der Waals surface area contributed by atoms with Crippen molar-refractivity contribution in [1.82, 2.24) is 25.1 Å². The number of benzene rings is 1. The second-order valence-electron chi connectivity index (χ2n) is 7.26. The van der Waals surface area contributed by atoms with Gasteiger partial charge < -0.3 is 25.4 Å². The number of aryl methyl sites for hydroxylation is 1. The molecular formula is C20H27N7O2. The number of nitrogens with one attached hydrogen (secondary N) is 2. The summed E-state index contributed by atoms with van der Waals surface area (Å²) in [6, 6.07) is 5.61. The van der Waals surface area contributed by atoms with E-state index in [2.05, 4.69) is 30.4 Å². The molecule has 0 radical (unpaired) electrons. The van der Waals surface area contributed by atoms with Crippen LogP contribution in [0, 0.1) is 6.92 Å². The molecule has 29 heavy (non-hydrogen) atoms. The van der Waals surface area contributed by atoms with Crippen LogP contribution in [0.15, 0.2) is 18.2 Å². The van der Waals surface area contributed by atoms with Gasteiger partial charge in [0.1, 0.15) is 5.82 Å². The first-order valence-corrected chi connectivity index (χ1v) is 9.92. The fourth-order valence-electron chi connectivity index (χ4n) is 3.60. The van der Waals surface area contributed by atoms with Crippen LogP contribution < -0.4 is 20.5 Å². The first-order chi connectivity index (χ1) is 14.1. The van der Waals surface area contributed by atoms with Crippen molar-refractivity contribution < 1.29 is 9.47 Å². The zero-order valence-corrected chi connectivity index (χ0v) is 16.9. The standard InChI is InChI=1S/C20H27N7O2/c1-13-10-18(26-25-13)23-19-14-11-16(28-2)17(12-15(14)22-20(21)24-19)29-9-5-8-27-6-3-4-7-27/h10-12H,3-9H2,1-2H3,(H4,21,22,23,24,25,26). The zero-order chi connectivity index (χ0) is 20.2. The fraction of sp³-hybridized carbons (Fsp3) is 0.450. The Balaban J connectivity index is 1.54. The summed E-state index contributed by atoms with van der Waals surface area (Å²) >= 11 is 0. The van der Waals surface area contributed by atoms with Crippen LogP contribution in [0.4, 0.5) is 17.6 Å². The van der Waals surface area contributed by atoms with Gasteiger partial charge in [-0.05, 0) is 45.3 Å². The Labute approximate surface area is 169 Å². The first kappa shape index (κ1) is 19.3. The average Bonchev–Trinajstić information content (AvgIpc) is 3.36. The molecule has 3 aromatic rings. The van der Waals surface area contributed by atoms with E-state index in [1.165, 1.54) is 25.9 Å². The van der Waals surface area contributed by atoms with Crippen LogP contribution in [0.3, 0.4) is 0 Å². The van der Waals surface area contributed by atoms with Crippen molar-refractivity contribution >= 4 is 28.5 Å². The zero-order valence-electron chi connectivity index (χ0n) is 16.9. The Hall–Kier alpha value is -3.07. The van der Waals surface area contributed by atoms with Crippen LogP contribution in [-0.2, 0) is 0 Å². The van der Waals surface area contributed by atoms with Crippen molar-refractivity contribution in [3.05, 3.63) is 23.9 Å². The van der Waals surface area contributed by atoms with Gasteiger partial charge in [0.2, 0.25) is 5.95 Å². The van der Waals surface area contributed by atoms with E-state index >= 15 is 0 Å². The Morgan fingerprint density at radius 2 is 2.00 bits per heavy atom. The molecule has 1 aliphatic heterocycles. The van der Waals surface area contributed by atoms with E-state index in [0.29, 0.717) is 35.3 Å². The maximum absolute atomic E-state index is 6.01. The number of H-pyrrole nitrogens is 1. The molecule has 2 aromatic heterocycles. The molecule has 9 nitrogen and oxygen atoms in total. The molecule has 0 spiro atoms. The van der Waals surface area contributed by atoms with Crippen molar-refractivity contribution in [2.24, 2.45) is 0 Å². The predicted octanol–water partition coefficient (Wildman–Crippen LogP) is 2.86. The first-order valence-electron chi connectivity index (χ1n) is 9.92. The summed E-state index contributed by atoms with van der Waals surface area (Å²) in [5, 5.41) is 11.1. The van der Waals surface area contributed by atoms with Gasteiger partial charge in [0, 0.05) is 29.8 Å². The second kappa shape index (κ2) is 8.52. The lowest BCUT2D eigenvalue weighted by Gasteiger charge is -2.16. The number of nitrogens with two attached hydrogens (primary N) is 1. The number of rotatable bonds is 8. The summed E-state index contributed by atoms with van der Waals surface area (Å²) in [7, 11) is 1.63. The fourth-order valence-corrected chi connectivity index (χ4v) is 3.60. The summed E-state index contributed by atoms with van der Waals surface area (Å²) in [5.41, 5.74) is 7.56. The Morgan fingerprint density at radius 1 is 1.17 bits per heavy atom. The third-order valence-corrected chi connectivity index (χ3v) is 5.03. The van der Waals surface area contributed by atoms with Crippen molar-refractivity contribution in [2.45, 2.75) is 26.2 Å². The molecule has 1 aromatic carbocycles. The highest BCUT2D eigenvalue weighted by Crippen LogP contribution is 2.35. The number of hydrogen-bond acceptors (Lipinski definition) is 8. The monoisotopic (exact) mass is 397 g/mol. The number of hydrogen-bond donors (Lipinski definition) is 3. The normalized spacial score (nSPS) is 14.4. The molecule has 0 bridgehead atoms. The van der Waals surface area contributed by atoms with Gasteiger partial charge in [0.05, 0.1) is 19.2 Å². The van der Waals surface area contributed by atoms with Crippen molar-refractivity contribution in [1.29, 1.82) is 0 Å². The lowest BCUT2D eigenvalue weighted by Crippen LogP contribution is -2.21. The smallest absolute Gasteiger partial charge is 0.222 e. The minimum absolute atomic E-state index is 0.178. The molecule has 0 saturated carbocycles. The number of nitrogen functional groups attached to an aromatic ring is 1. The van der Waals surface area contributed by atoms with Gasteiger partial charge in [-0.15, -0.1) is 0 Å². The number of methoxy groups -OCH3 is 1. The number of likely N-dealkylation sites (tertiary alicyclic amines) is 1. The van der Waals surface area contributed by atoms with Gasteiger partial charge in [-0.3, -0.25) is 5.10 Å². The van der Waals surface area contributed by atoms with E-state index in [1.807, 2.05) is 25.1 Å². The van der Waals surface area contributed by atoms with Gasteiger partial charge in [-0.25, -0.2) is 4.98 Å². The Morgan fingerprint density at radius 3 is 2.72 bits per heavy atom. The molecule has 1 saturated heterocycles.